The molecule has 1 N–H and O–H groups in total. The molecule has 6 nitrogen and oxygen atoms in total. The summed E-state index contributed by atoms with van der Waals surface area (Å²) in [5.41, 5.74) is 0.717. The maximum atomic E-state index is 11.3. The summed E-state index contributed by atoms with van der Waals surface area (Å²) in [6.07, 6.45) is 2.14. The van der Waals surface area contributed by atoms with E-state index in [-0.39, 0.29) is 10.1 Å². The Kier molecular flexibility index (Phi) is 4.99. The molecule has 0 aliphatic rings. The Balaban J connectivity index is 2.25. The standard InChI is InChI=1S/C14H14N2O4S/c1-3-12-15-16-14(20-12)21-11(13(17)18)8-9-5-4-6-10(7-9)19-2/h4-8H,3H2,1-2H3,(H,17,18)/b11-8-. The third kappa shape index (κ3) is 4.09. The highest BCUT2D eigenvalue weighted by molar-refractivity contribution is 8.03. The third-order valence-corrected chi connectivity index (χ3v) is 3.40. The van der Waals surface area contributed by atoms with Crippen LogP contribution < -0.4 is 4.74 Å². The molecule has 0 spiro atoms. The summed E-state index contributed by atoms with van der Waals surface area (Å²) < 4.78 is 10.4. The number of aromatic nitrogens is 2. The molecule has 21 heavy (non-hydrogen) atoms. The first-order chi connectivity index (χ1) is 10.1. The van der Waals surface area contributed by atoms with Gasteiger partial charge in [0.2, 0.25) is 5.89 Å². The molecule has 7 heteroatoms. The number of thioether (sulfide) groups is 1. The van der Waals surface area contributed by atoms with Gasteiger partial charge in [-0.25, -0.2) is 4.79 Å². The number of benzene rings is 1. The molecule has 0 radical (unpaired) electrons. The second-order valence-electron chi connectivity index (χ2n) is 4.01. The van der Waals surface area contributed by atoms with Gasteiger partial charge in [-0.1, -0.05) is 19.1 Å². The van der Waals surface area contributed by atoms with Gasteiger partial charge in [0.15, 0.2) is 0 Å². The van der Waals surface area contributed by atoms with Gasteiger partial charge >= 0.3 is 5.97 Å². The van der Waals surface area contributed by atoms with Crippen molar-refractivity contribution in [3.05, 3.63) is 40.6 Å². The predicted molar refractivity (Wildman–Crippen MR) is 78.1 cm³/mol. The van der Waals surface area contributed by atoms with Crippen LogP contribution in [0.2, 0.25) is 0 Å². The highest BCUT2D eigenvalue weighted by Crippen LogP contribution is 2.28. The van der Waals surface area contributed by atoms with E-state index in [9.17, 15) is 9.90 Å². The van der Waals surface area contributed by atoms with Gasteiger partial charge < -0.3 is 14.3 Å². The molecule has 2 aromatic rings. The van der Waals surface area contributed by atoms with Crippen molar-refractivity contribution in [2.24, 2.45) is 0 Å². The second-order valence-corrected chi connectivity index (χ2v) is 5.00. The summed E-state index contributed by atoms with van der Waals surface area (Å²) in [6, 6.07) is 7.11. The highest BCUT2D eigenvalue weighted by Gasteiger charge is 2.14. The van der Waals surface area contributed by atoms with E-state index in [4.69, 9.17) is 9.15 Å². The molecule has 0 fully saturated rings. The number of carboxylic acids is 1. The minimum atomic E-state index is -1.06. The van der Waals surface area contributed by atoms with Gasteiger partial charge in [0.05, 0.1) is 7.11 Å². The van der Waals surface area contributed by atoms with Gasteiger partial charge in [0, 0.05) is 6.42 Å². The fourth-order valence-corrected chi connectivity index (χ4v) is 2.22. The fraction of sp³-hybridized carbons (Fsp3) is 0.214. The number of aliphatic carboxylic acids is 1. The van der Waals surface area contributed by atoms with Crippen LogP contribution in [-0.2, 0) is 11.2 Å². The lowest BCUT2D eigenvalue weighted by Gasteiger charge is -2.02. The van der Waals surface area contributed by atoms with Crippen molar-refractivity contribution < 1.29 is 19.1 Å². The van der Waals surface area contributed by atoms with Crippen LogP contribution in [0.25, 0.3) is 6.08 Å². The van der Waals surface area contributed by atoms with Gasteiger partial charge in [0.1, 0.15) is 10.7 Å². The van der Waals surface area contributed by atoms with Gasteiger partial charge in [-0.05, 0) is 35.5 Å². The van der Waals surface area contributed by atoms with Crippen LogP contribution >= 0.6 is 11.8 Å². The summed E-state index contributed by atoms with van der Waals surface area (Å²) in [7, 11) is 1.56. The summed E-state index contributed by atoms with van der Waals surface area (Å²) >= 11 is 0.922. The van der Waals surface area contributed by atoms with Crippen molar-refractivity contribution in [2.45, 2.75) is 18.6 Å². The zero-order valence-corrected chi connectivity index (χ0v) is 12.4. The number of nitrogens with zero attached hydrogens (tertiary/aromatic N) is 2. The topological polar surface area (TPSA) is 85.5 Å². The zero-order chi connectivity index (χ0) is 15.2. The number of methoxy groups -OCH3 is 1. The van der Waals surface area contributed by atoms with E-state index >= 15 is 0 Å². The normalized spacial score (nSPS) is 11.4. The minimum absolute atomic E-state index is 0.0922. The molecule has 0 aliphatic heterocycles. The number of hydrogen-bond donors (Lipinski definition) is 1. The molecule has 0 bridgehead atoms. The van der Waals surface area contributed by atoms with Crippen LogP contribution in [0, 0.1) is 0 Å². The molecule has 110 valence electrons. The van der Waals surface area contributed by atoms with E-state index in [2.05, 4.69) is 10.2 Å². The Labute approximate surface area is 125 Å². The zero-order valence-electron chi connectivity index (χ0n) is 11.6. The lowest BCUT2D eigenvalue weighted by molar-refractivity contribution is -0.131. The molecule has 1 heterocycles. The molecular formula is C14H14N2O4S. The van der Waals surface area contributed by atoms with Crippen molar-refractivity contribution in [2.75, 3.05) is 7.11 Å². The summed E-state index contributed by atoms with van der Waals surface area (Å²) in [5.74, 6) is 0.0761. The SMILES string of the molecule is CCc1nnc(S/C(=C\c2cccc(OC)c2)C(=O)O)o1. The summed E-state index contributed by atoms with van der Waals surface area (Å²) in [6.45, 7) is 1.88. The Morgan fingerprint density at radius 3 is 2.90 bits per heavy atom. The minimum Gasteiger partial charge on any atom is -0.497 e. The largest absolute Gasteiger partial charge is 0.497 e. The van der Waals surface area contributed by atoms with E-state index in [1.54, 1.807) is 31.4 Å². The maximum absolute atomic E-state index is 11.3. The first-order valence-electron chi connectivity index (χ1n) is 6.21. The quantitative estimate of drug-likeness (QED) is 0.648. The van der Waals surface area contributed by atoms with Crippen LogP contribution in [0.3, 0.4) is 0 Å². The Hall–Kier alpha value is -2.28. The molecule has 0 aliphatic carbocycles. The van der Waals surface area contributed by atoms with Crippen LogP contribution in [0.1, 0.15) is 18.4 Å². The third-order valence-electron chi connectivity index (χ3n) is 2.55. The van der Waals surface area contributed by atoms with E-state index < -0.39 is 5.97 Å². The molecule has 0 unspecified atom stereocenters. The van der Waals surface area contributed by atoms with Crippen LogP contribution in [0.4, 0.5) is 0 Å². The number of rotatable bonds is 6. The van der Waals surface area contributed by atoms with Crippen molar-refractivity contribution in [3.8, 4) is 5.75 Å². The number of carboxylic acid groups (broad SMARTS) is 1. The number of ether oxygens (including phenoxy) is 1. The second kappa shape index (κ2) is 6.94. The maximum Gasteiger partial charge on any atom is 0.342 e. The average Bonchev–Trinajstić information content (AvgIpc) is 2.94. The first kappa shape index (κ1) is 15.1. The number of aryl methyl sites for hydroxylation is 1. The van der Waals surface area contributed by atoms with Crippen molar-refractivity contribution in [3.63, 3.8) is 0 Å². The molecule has 2 rings (SSSR count). The van der Waals surface area contributed by atoms with E-state index in [1.165, 1.54) is 6.08 Å². The van der Waals surface area contributed by atoms with Crippen molar-refractivity contribution >= 4 is 23.8 Å². The lowest BCUT2D eigenvalue weighted by Crippen LogP contribution is -1.97. The number of carbonyl (C=O) groups is 1. The lowest BCUT2D eigenvalue weighted by atomic mass is 10.2. The molecule has 0 amide bonds. The Bertz CT molecular complexity index is 666. The van der Waals surface area contributed by atoms with Gasteiger partial charge in [-0.2, -0.15) is 0 Å². The van der Waals surface area contributed by atoms with Crippen molar-refractivity contribution in [1.82, 2.24) is 10.2 Å². The highest BCUT2D eigenvalue weighted by atomic mass is 32.2. The molecule has 0 atom stereocenters. The molecule has 0 saturated heterocycles. The Morgan fingerprint density at radius 1 is 1.48 bits per heavy atom. The van der Waals surface area contributed by atoms with E-state index in [0.29, 0.717) is 18.1 Å². The Morgan fingerprint density at radius 2 is 2.29 bits per heavy atom. The predicted octanol–water partition coefficient (Wildman–Crippen LogP) is 2.86. The monoisotopic (exact) mass is 306 g/mol. The number of hydrogen-bond acceptors (Lipinski definition) is 6. The first-order valence-corrected chi connectivity index (χ1v) is 7.03. The van der Waals surface area contributed by atoms with Crippen LogP contribution in [0.5, 0.6) is 5.75 Å². The van der Waals surface area contributed by atoms with Crippen LogP contribution in [-0.4, -0.2) is 28.4 Å². The van der Waals surface area contributed by atoms with Gasteiger partial charge in [0.25, 0.3) is 5.22 Å². The summed E-state index contributed by atoms with van der Waals surface area (Å²) in [5, 5.41) is 17.1. The van der Waals surface area contributed by atoms with Crippen molar-refractivity contribution in [1.29, 1.82) is 0 Å². The average molecular weight is 306 g/mol. The van der Waals surface area contributed by atoms with Gasteiger partial charge in [-0.15, -0.1) is 10.2 Å². The molecule has 1 aromatic carbocycles. The van der Waals surface area contributed by atoms with Gasteiger partial charge in [-0.3, -0.25) is 0 Å². The smallest absolute Gasteiger partial charge is 0.342 e. The van der Waals surface area contributed by atoms with E-state index in [0.717, 1.165) is 17.3 Å². The van der Waals surface area contributed by atoms with E-state index in [1.807, 2.05) is 6.92 Å². The fourth-order valence-electron chi connectivity index (χ4n) is 1.53. The molecular weight excluding hydrogens is 292 g/mol. The molecule has 0 saturated carbocycles. The van der Waals surface area contributed by atoms with Crippen LogP contribution in [0.15, 0.2) is 38.8 Å². The molecule has 1 aromatic heterocycles. The summed E-state index contributed by atoms with van der Waals surface area (Å²) in [4.78, 5) is 11.4.